The molecule has 224 valence electrons. The number of hydrogen-bond donors (Lipinski definition) is 0. The minimum absolute atomic E-state index is 0.0987. The van der Waals surface area contributed by atoms with Gasteiger partial charge >= 0.3 is 0 Å². The molecule has 0 bridgehead atoms. The van der Waals surface area contributed by atoms with E-state index in [1.165, 1.54) is 49.7 Å². The van der Waals surface area contributed by atoms with Gasteiger partial charge in [-0.05, 0) is 84.7 Å². The number of rotatable bonds is 16. The van der Waals surface area contributed by atoms with E-state index in [1.54, 1.807) is 0 Å². The first-order chi connectivity index (χ1) is 19.6. The molecule has 4 aromatic rings. The van der Waals surface area contributed by atoms with E-state index in [9.17, 15) is 0 Å². The van der Waals surface area contributed by atoms with Crippen molar-refractivity contribution >= 4 is 22.1 Å². The van der Waals surface area contributed by atoms with Crippen LogP contribution in [0.1, 0.15) is 144 Å². The van der Waals surface area contributed by atoms with Crippen LogP contribution in [0.2, 0.25) is 0 Å². The largest absolute Gasteiger partial charge is 0.217 e. The Labute approximate surface area is 248 Å². The van der Waals surface area contributed by atoms with Crippen LogP contribution in [0.15, 0.2) is 36.4 Å². The molecule has 0 aliphatic carbocycles. The molecule has 4 rings (SSSR count). The number of nitrogens with zero attached hydrogens (tertiary/aromatic N) is 6. The summed E-state index contributed by atoms with van der Waals surface area (Å²) in [5, 5.41) is 19.4. The molecule has 2 heterocycles. The van der Waals surface area contributed by atoms with Gasteiger partial charge in [0.2, 0.25) is 0 Å². The van der Waals surface area contributed by atoms with Crippen molar-refractivity contribution in [3.8, 4) is 0 Å². The average Bonchev–Trinajstić information content (AvgIpc) is 3.61. The van der Waals surface area contributed by atoms with Crippen LogP contribution in [0.3, 0.4) is 0 Å². The zero-order valence-corrected chi connectivity index (χ0v) is 27.1. The highest BCUT2D eigenvalue weighted by Gasteiger charge is 2.39. The zero-order chi connectivity index (χ0) is 29.7. The summed E-state index contributed by atoms with van der Waals surface area (Å²) in [5.41, 5.74) is 6.45. The lowest BCUT2D eigenvalue weighted by Gasteiger charge is -2.35. The Balaban J connectivity index is 1.90. The van der Waals surface area contributed by atoms with Crippen LogP contribution in [0.25, 0.3) is 22.1 Å². The predicted molar refractivity (Wildman–Crippen MR) is 173 cm³/mol. The van der Waals surface area contributed by atoms with Gasteiger partial charge < -0.3 is 0 Å². The maximum Gasteiger partial charge on any atom is 0.158 e. The monoisotopic (exact) mass is 558 g/mol. The minimum atomic E-state index is -0.464. The minimum Gasteiger partial charge on any atom is -0.217 e. The summed E-state index contributed by atoms with van der Waals surface area (Å²) in [5.74, 6) is 0. The lowest BCUT2D eigenvalue weighted by atomic mass is 9.82. The first-order valence-corrected chi connectivity index (χ1v) is 16.4. The van der Waals surface area contributed by atoms with Gasteiger partial charge in [-0.2, -0.15) is 0 Å². The van der Waals surface area contributed by atoms with Gasteiger partial charge in [-0.3, -0.25) is 0 Å². The van der Waals surface area contributed by atoms with Crippen molar-refractivity contribution in [2.45, 2.75) is 149 Å². The molecule has 0 aliphatic rings. The van der Waals surface area contributed by atoms with Crippen LogP contribution >= 0.6 is 0 Å². The van der Waals surface area contributed by atoms with E-state index in [-0.39, 0.29) is 10.8 Å². The molecule has 0 radical (unpaired) electrons. The second-order valence-electron chi connectivity index (χ2n) is 13.5. The molecular formula is C35H54N6. The SMILES string of the molecule is CCCCCCC(CCCCCC)(n1nnc2cc(C(C)(C)CC)ccc21)n1nnc2cc(C(C)(C)CC)ccc21. The van der Waals surface area contributed by atoms with Crippen molar-refractivity contribution in [1.29, 1.82) is 0 Å². The molecule has 2 aromatic carbocycles. The molecule has 0 N–H and O–H groups in total. The summed E-state index contributed by atoms with van der Waals surface area (Å²) in [6, 6.07) is 13.6. The van der Waals surface area contributed by atoms with Crippen molar-refractivity contribution in [2.75, 3.05) is 0 Å². The fourth-order valence-corrected chi connectivity index (χ4v) is 6.02. The van der Waals surface area contributed by atoms with Crippen LogP contribution in [-0.4, -0.2) is 30.0 Å². The van der Waals surface area contributed by atoms with Gasteiger partial charge in [-0.1, -0.05) is 116 Å². The number of fused-ring (bicyclic) bond motifs is 2. The summed E-state index contributed by atoms with van der Waals surface area (Å²) in [7, 11) is 0. The molecule has 0 aliphatic heterocycles. The average molecular weight is 559 g/mol. The van der Waals surface area contributed by atoms with Crippen LogP contribution in [-0.2, 0) is 16.5 Å². The maximum atomic E-state index is 4.93. The van der Waals surface area contributed by atoms with Gasteiger partial charge in [0.15, 0.2) is 5.66 Å². The number of hydrogen-bond acceptors (Lipinski definition) is 4. The molecule has 6 heteroatoms. The molecule has 0 unspecified atom stereocenters. The van der Waals surface area contributed by atoms with Crippen molar-refractivity contribution in [3.05, 3.63) is 47.5 Å². The van der Waals surface area contributed by atoms with E-state index in [1.807, 2.05) is 0 Å². The third-order valence-corrected chi connectivity index (χ3v) is 9.87. The molecule has 6 nitrogen and oxygen atoms in total. The van der Waals surface area contributed by atoms with Gasteiger partial charge in [-0.25, -0.2) is 9.36 Å². The van der Waals surface area contributed by atoms with Crippen LogP contribution < -0.4 is 0 Å². The Kier molecular flexibility index (Phi) is 9.92. The Bertz CT molecular complexity index is 1300. The lowest BCUT2D eigenvalue weighted by Crippen LogP contribution is -2.43. The van der Waals surface area contributed by atoms with Crippen molar-refractivity contribution in [1.82, 2.24) is 30.0 Å². The molecule has 0 atom stereocenters. The predicted octanol–water partition coefficient (Wildman–Crippen LogP) is 9.69. The van der Waals surface area contributed by atoms with E-state index in [2.05, 4.69) is 101 Å². The van der Waals surface area contributed by atoms with Gasteiger partial charge in [0.25, 0.3) is 0 Å². The van der Waals surface area contributed by atoms with Gasteiger partial charge in [0.05, 0.1) is 11.0 Å². The normalized spacial score (nSPS) is 13.1. The quantitative estimate of drug-likeness (QED) is 0.128. The summed E-state index contributed by atoms with van der Waals surface area (Å²) in [6.45, 7) is 18.3. The fourth-order valence-electron chi connectivity index (χ4n) is 6.02. The highest BCUT2D eigenvalue weighted by molar-refractivity contribution is 5.77. The molecule has 41 heavy (non-hydrogen) atoms. The Hall–Kier alpha value is -2.76. The van der Waals surface area contributed by atoms with Gasteiger partial charge in [0.1, 0.15) is 11.0 Å². The highest BCUT2D eigenvalue weighted by atomic mass is 15.6. The third kappa shape index (κ3) is 6.36. The maximum absolute atomic E-state index is 4.93. The van der Waals surface area contributed by atoms with Crippen molar-refractivity contribution in [2.24, 2.45) is 0 Å². The molecule has 0 fully saturated rings. The number of unbranched alkanes of at least 4 members (excludes halogenated alkanes) is 6. The van der Waals surface area contributed by atoms with Crippen LogP contribution in [0.4, 0.5) is 0 Å². The van der Waals surface area contributed by atoms with E-state index >= 15 is 0 Å². The number of aromatic nitrogens is 6. The summed E-state index contributed by atoms with van der Waals surface area (Å²) >= 11 is 0. The standard InChI is InChI=1S/C35H54N6/c1-9-13-15-17-23-35(24-18-16-14-10-2,40-31-21-19-27(33(5,6)11-3)25-29(31)36-38-40)41-32-22-20-28(34(7,8)12-4)26-30(32)37-39-41/h19-22,25-26H,9-18,23-24H2,1-8H3. The van der Waals surface area contributed by atoms with Crippen molar-refractivity contribution in [3.63, 3.8) is 0 Å². The van der Waals surface area contributed by atoms with E-state index < -0.39 is 5.66 Å². The Morgan fingerprint density at radius 3 is 1.34 bits per heavy atom. The smallest absolute Gasteiger partial charge is 0.158 e. The first kappa shape index (κ1) is 31.2. The second kappa shape index (κ2) is 13.0. The van der Waals surface area contributed by atoms with E-state index in [4.69, 9.17) is 20.6 Å². The molecule has 0 saturated carbocycles. The second-order valence-corrected chi connectivity index (χ2v) is 13.5. The Morgan fingerprint density at radius 2 is 0.976 bits per heavy atom. The van der Waals surface area contributed by atoms with Crippen molar-refractivity contribution < 1.29 is 0 Å². The van der Waals surface area contributed by atoms with Crippen LogP contribution in [0.5, 0.6) is 0 Å². The van der Waals surface area contributed by atoms with E-state index in [0.29, 0.717) is 0 Å². The van der Waals surface area contributed by atoms with Crippen LogP contribution in [0, 0.1) is 0 Å². The zero-order valence-electron chi connectivity index (χ0n) is 27.1. The van der Waals surface area contributed by atoms with Gasteiger partial charge in [-0.15, -0.1) is 10.2 Å². The Morgan fingerprint density at radius 1 is 0.561 bits per heavy atom. The molecule has 0 amide bonds. The number of benzene rings is 2. The summed E-state index contributed by atoms with van der Waals surface area (Å²) in [6.07, 6.45) is 13.6. The van der Waals surface area contributed by atoms with Gasteiger partial charge in [0, 0.05) is 0 Å². The molecule has 0 spiro atoms. The molecular weight excluding hydrogens is 504 g/mol. The van der Waals surface area contributed by atoms with E-state index in [0.717, 1.165) is 60.6 Å². The highest BCUT2D eigenvalue weighted by Crippen LogP contribution is 2.38. The first-order valence-electron chi connectivity index (χ1n) is 16.4. The third-order valence-electron chi connectivity index (χ3n) is 9.87. The fraction of sp³-hybridized carbons (Fsp3) is 0.657. The summed E-state index contributed by atoms with van der Waals surface area (Å²) in [4.78, 5) is 0. The molecule has 2 aromatic heterocycles. The molecule has 0 saturated heterocycles. The topological polar surface area (TPSA) is 61.4 Å². The lowest BCUT2D eigenvalue weighted by molar-refractivity contribution is 0.144. The summed E-state index contributed by atoms with van der Waals surface area (Å²) < 4.78 is 4.42.